The highest BCUT2D eigenvalue weighted by Gasteiger charge is 2.10. The fourth-order valence-electron chi connectivity index (χ4n) is 1.38. The molecule has 100 valence electrons. The maximum atomic E-state index is 11.5. The highest BCUT2D eigenvalue weighted by molar-refractivity contribution is 5.84. The van der Waals surface area contributed by atoms with Crippen LogP contribution in [-0.2, 0) is 9.59 Å². The van der Waals surface area contributed by atoms with E-state index in [0.717, 1.165) is 12.8 Å². The molecule has 0 aliphatic rings. The Balaban J connectivity index is 3.69. The molecular formula is C12H25N3O2. The predicted octanol–water partition coefficient (Wildman–Crippen LogP) is 0.346. The number of rotatable bonds is 8. The van der Waals surface area contributed by atoms with Crippen LogP contribution in [0.25, 0.3) is 0 Å². The maximum Gasteiger partial charge on any atom is 0.241 e. The Hall–Kier alpha value is -1.10. The third-order valence-electron chi connectivity index (χ3n) is 2.86. The van der Waals surface area contributed by atoms with Crippen LogP contribution in [0.3, 0.4) is 0 Å². The number of nitrogens with zero attached hydrogens (tertiary/aromatic N) is 1. The Kier molecular flexibility index (Phi) is 8.40. The molecule has 0 bridgehead atoms. The number of hydrogen-bond acceptors (Lipinski definition) is 3. The van der Waals surface area contributed by atoms with Gasteiger partial charge in [-0.15, -0.1) is 0 Å². The molecule has 2 amide bonds. The van der Waals surface area contributed by atoms with E-state index in [-0.39, 0.29) is 18.4 Å². The Morgan fingerprint density at radius 3 is 2.53 bits per heavy atom. The molecule has 0 aliphatic carbocycles. The zero-order valence-electron chi connectivity index (χ0n) is 11.2. The predicted molar refractivity (Wildman–Crippen MR) is 68.4 cm³/mol. The van der Waals surface area contributed by atoms with Gasteiger partial charge in [0.05, 0.1) is 6.54 Å². The van der Waals surface area contributed by atoms with Crippen molar-refractivity contribution in [1.29, 1.82) is 0 Å². The quantitative estimate of drug-likeness (QED) is 0.646. The summed E-state index contributed by atoms with van der Waals surface area (Å²) in [5, 5.41) is 2.63. The van der Waals surface area contributed by atoms with Gasteiger partial charge in [0, 0.05) is 20.0 Å². The first-order valence-corrected chi connectivity index (χ1v) is 6.22. The molecule has 0 spiro atoms. The van der Waals surface area contributed by atoms with Crippen molar-refractivity contribution in [3.05, 3.63) is 0 Å². The molecular weight excluding hydrogens is 218 g/mol. The molecule has 0 fully saturated rings. The Morgan fingerprint density at radius 2 is 2.00 bits per heavy atom. The fourth-order valence-corrected chi connectivity index (χ4v) is 1.38. The lowest BCUT2D eigenvalue weighted by Crippen LogP contribution is -2.38. The third kappa shape index (κ3) is 7.74. The molecule has 17 heavy (non-hydrogen) atoms. The van der Waals surface area contributed by atoms with Crippen molar-refractivity contribution < 1.29 is 9.59 Å². The van der Waals surface area contributed by atoms with E-state index in [1.165, 1.54) is 0 Å². The number of amides is 2. The van der Waals surface area contributed by atoms with E-state index in [1.807, 2.05) is 6.92 Å². The van der Waals surface area contributed by atoms with Crippen molar-refractivity contribution >= 4 is 11.8 Å². The van der Waals surface area contributed by atoms with Crippen molar-refractivity contribution in [3.8, 4) is 0 Å². The van der Waals surface area contributed by atoms with Crippen LogP contribution in [0.2, 0.25) is 0 Å². The average Bonchev–Trinajstić information content (AvgIpc) is 2.32. The van der Waals surface area contributed by atoms with Crippen molar-refractivity contribution in [2.45, 2.75) is 33.1 Å². The van der Waals surface area contributed by atoms with Gasteiger partial charge in [0.15, 0.2) is 0 Å². The standard InChI is InChI=1S/C12H25N3O2/c1-4-15(3)12(17)9-14-11(16)6-5-10(2)7-8-13/h10H,4-9,13H2,1-3H3,(H,14,16). The van der Waals surface area contributed by atoms with Crippen LogP contribution >= 0.6 is 0 Å². The van der Waals surface area contributed by atoms with Crippen molar-refractivity contribution in [1.82, 2.24) is 10.2 Å². The van der Waals surface area contributed by atoms with Crippen LogP contribution in [0.15, 0.2) is 0 Å². The van der Waals surface area contributed by atoms with Gasteiger partial charge in [0.2, 0.25) is 11.8 Å². The van der Waals surface area contributed by atoms with Crippen LogP contribution in [0, 0.1) is 5.92 Å². The zero-order valence-corrected chi connectivity index (χ0v) is 11.2. The molecule has 5 nitrogen and oxygen atoms in total. The van der Waals surface area contributed by atoms with Crippen molar-refractivity contribution in [2.75, 3.05) is 26.7 Å². The lowest BCUT2D eigenvalue weighted by atomic mass is 10.0. The summed E-state index contributed by atoms with van der Waals surface area (Å²) in [5.41, 5.74) is 5.43. The first kappa shape index (κ1) is 15.9. The van der Waals surface area contributed by atoms with Crippen molar-refractivity contribution in [2.24, 2.45) is 11.7 Å². The van der Waals surface area contributed by atoms with Gasteiger partial charge in [-0.05, 0) is 32.2 Å². The van der Waals surface area contributed by atoms with Crippen molar-refractivity contribution in [3.63, 3.8) is 0 Å². The molecule has 0 aromatic rings. The number of nitrogens with two attached hydrogens (primary N) is 1. The molecule has 1 unspecified atom stereocenters. The minimum absolute atomic E-state index is 0.0594. The van der Waals surface area contributed by atoms with Gasteiger partial charge in [-0.3, -0.25) is 9.59 Å². The highest BCUT2D eigenvalue weighted by atomic mass is 16.2. The number of nitrogens with one attached hydrogen (secondary N) is 1. The summed E-state index contributed by atoms with van der Waals surface area (Å²) in [6, 6.07) is 0. The lowest BCUT2D eigenvalue weighted by Gasteiger charge is -2.15. The minimum Gasteiger partial charge on any atom is -0.347 e. The highest BCUT2D eigenvalue weighted by Crippen LogP contribution is 2.08. The Labute approximate surface area is 104 Å². The second kappa shape index (κ2) is 8.98. The largest absolute Gasteiger partial charge is 0.347 e. The first-order chi connectivity index (χ1) is 8.01. The number of carbonyl (C=O) groups is 2. The molecule has 1 atom stereocenters. The van der Waals surface area contributed by atoms with E-state index < -0.39 is 0 Å². The smallest absolute Gasteiger partial charge is 0.241 e. The number of carbonyl (C=O) groups excluding carboxylic acids is 2. The van der Waals surface area contributed by atoms with Gasteiger partial charge in [-0.1, -0.05) is 6.92 Å². The fraction of sp³-hybridized carbons (Fsp3) is 0.833. The SMILES string of the molecule is CCN(C)C(=O)CNC(=O)CCC(C)CCN. The second-order valence-electron chi connectivity index (χ2n) is 4.41. The summed E-state index contributed by atoms with van der Waals surface area (Å²) in [7, 11) is 1.72. The van der Waals surface area contributed by atoms with Gasteiger partial charge < -0.3 is 16.0 Å². The normalized spacial score (nSPS) is 12.0. The molecule has 5 heteroatoms. The molecule has 0 aromatic heterocycles. The van der Waals surface area contributed by atoms with Crippen LogP contribution in [0.5, 0.6) is 0 Å². The summed E-state index contributed by atoms with van der Waals surface area (Å²) in [4.78, 5) is 24.4. The topological polar surface area (TPSA) is 75.4 Å². The van der Waals surface area contributed by atoms with Crippen LogP contribution in [0.4, 0.5) is 0 Å². The first-order valence-electron chi connectivity index (χ1n) is 6.22. The summed E-state index contributed by atoms with van der Waals surface area (Å²) < 4.78 is 0. The third-order valence-corrected chi connectivity index (χ3v) is 2.86. The van der Waals surface area contributed by atoms with E-state index in [0.29, 0.717) is 25.4 Å². The molecule has 3 N–H and O–H groups in total. The molecule has 0 heterocycles. The van der Waals surface area contributed by atoms with Crippen LogP contribution in [-0.4, -0.2) is 43.4 Å². The lowest BCUT2D eigenvalue weighted by molar-refractivity contribution is -0.131. The number of hydrogen-bond donors (Lipinski definition) is 2. The summed E-state index contributed by atoms with van der Waals surface area (Å²) >= 11 is 0. The molecule has 0 saturated carbocycles. The van der Waals surface area contributed by atoms with E-state index in [4.69, 9.17) is 5.73 Å². The van der Waals surface area contributed by atoms with Gasteiger partial charge in [-0.25, -0.2) is 0 Å². The Morgan fingerprint density at radius 1 is 1.35 bits per heavy atom. The molecule has 0 rings (SSSR count). The van der Waals surface area contributed by atoms with Gasteiger partial charge in [0.25, 0.3) is 0 Å². The molecule has 0 saturated heterocycles. The Bertz CT molecular complexity index is 244. The average molecular weight is 243 g/mol. The van der Waals surface area contributed by atoms with Gasteiger partial charge >= 0.3 is 0 Å². The van der Waals surface area contributed by atoms with E-state index in [9.17, 15) is 9.59 Å². The van der Waals surface area contributed by atoms with Crippen LogP contribution < -0.4 is 11.1 Å². The number of likely N-dealkylation sites (N-methyl/N-ethyl adjacent to an activating group) is 1. The second-order valence-corrected chi connectivity index (χ2v) is 4.41. The minimum atomic E-state index is -0.0632. The van der Waals surface area contributed by atoms with E-state index in [1.54, 1.807) is 11.9 Å². The van der Waals surface area contributed by atoms with E-state index >= 15 is 0 Å². The summed E-state index contributed by atoms with van der Waals surface area (Å²) in [6.45, 7) is 5.38. The monoisotopic (exact) mass is 243 g/mol. The summed E-state index contributed by atoms with van der Waals surface area (Å²) in [5.74, 6) is 0.336. The molecule has 0 aliphatic heterocycles. The zero-order chi connectivity index (χ0) is 13.3. The maximum absolute atomic E-state index is 11.5. The van der Waals surface area contributed by atoms with Gasteiger partial charge in [0.1, 0.15) is 0 Å². The van der Waals surface area contributed by atoms with Crippen LogP contribution in [0.1, 0.15) is 33.1 Å². The van der Waals surface area contributed by atoms with Gasteiger partial charge in [-0.2, -0.15) is 0 Å². The molecule has 0 radical (unpaired) electrons. The molecule has 0 aromatic carbocycles. The van der Waals surface area contributed by atoms with E-state index in [2.05, 4.69) is 12.2 Å². The summed E-state index contributed by atoms with van der Waals surface area (Å²) in [6.07, 6.45) is 2.22.